The first-order valence-electron chi connectivity index (χ1n) is 7.36. The van der Waals surface area contributed by atoms with Crippen molar-refractivity contribution in [3.63, 3.8) is 0 Å². The lowest BCUT2D eigenvalue weighted by atomic mass is 10.1. The van der Waals surface area contributed by atoms with Crippen LogP contribution in [-0.2, 0) is 6.18 Å². The molecule has 0 aliphatic heterocycles. The number of nitro benzene ring substituents is 1. The molecule has 0 aliphatic rings. The molecular formula is C16H8F3N3O5S. The highest BCUT2D eigenvalue weighted by molar-refractivity contribution is 7.22. The van der Waals surface area contributed by atoms with E-state index in [9.17, 15) is 32.9 Å². The summed E-state index contributed by atoms with van der Waals surface area (Å²) in [4.78, 5) is 37.2. The van der Waals surface area contributed by atoms with Crippen LogP contribution in [0.5, 0.6) is 0 Å². The van der Waals surface area contributed by atoms with Gasteiger partial charge in [-0.05, 0) is 24.3 Å². The summed E-state index contributed by atoms with van der Waals surface area (Å²) in [5.74, 6) is -2.18. The first kappa shape index (κ1) is 19.2. The minimum Gasteiger partial charge on any atom is -0.478 e. The van der Waals surface area contributed by atoms with Gasteiger partial charge in [0.2, 0.25) is 0 Å². The Morgan fingerprint density at radius 3 is 2.46 bits per heavy atom. The third kappa shape index (κ3) is 3.91. The number of alkyl halides is 3. The molecule has 1 amide bonds. The quantitative estimate of drug-likeness (QED) is 0.491. The molecule has 3 aromatic rings. The molecule has 0 radical (unpaired) electrons. The average Bonchev–Trinajstić information content (AvgIpc) is 3.01. The number of benzene rings is 2. The van der Waals surface area contributed by atoms with Crippen LogP contribution in [0.25, 0.3) is 10.2 Å². The Bertz CT molecular complexity index is 1130. The number of nitrogens with one attached hydrogen (secondary N) is 1. The number of hydrogen-bond acceptors (Lipinski definition) is 6. The fourth-order valence-electron chi connectivity index (χ4n) is 2.29. The second-order valence-corrected chi connectivity index (χ2v) is 6.51. The Kier molecular flexibility index (Phi) is 4.73. The van der Waals surface area contributed by atoms with Crippen LogP contribution in [0.15, 0.2) is 36.4 Å². The summed E-state index contributed by atoms with van der Waals surface area (Å²) in [5.41, 5.74) is -2.40. The topological polar surface area (TPSA) is 122 Å². The van der Waals surface area contributed by atoms with Gasteiger partial charge in [-0.2, -0.15) is 13.2 Å². The molecule has 12 heteroatoms. The van der Waals surface area contributed by atoms with E-state index in [0.717, 1.165) is 17.4 Å². The molecular weight excluding hydrogens is 403 g/mol. The van der Waals surface area contributed by atoms with Crippen LogP contribution in [0.2, 0.25) is 0 Å². The van der Waals surface area contributed by atoms with Gasteiger partial charge in [-0.25, -0.2) is 9.78 Å². The number of carboxylic acids is 1. The Hall–Kier alpha value is -3.54. The van der Waals surface area contributed by atoms with E-state index in [4.69, 9.17) is 5.11 Å². The number of hydrogen-bond donors (Lipinski definition) is 2. The van der Waals surface area contributed by atoms with Gasteiger partial charge in [0.25, 0.3) is 11.6 Å². The third-order valence-corrected chi connectivity index (χ3v) is 4.51. The number of halogens is 3. The first-order valence-corrected chi connectivity index (χ1v) is 8.18. The molecule has 8 nitrogen and oxygen atoms in total. The molecule has 0 fully saturated rings. The smallest absolute Gasteiger partial charge is 0.416 e. The number of non-ortho nitro benzene ring substituents is 1. The second-order valence-electron chi connectivity index (χ2n) is 5.48. The lowest BCUT2D eigenvalue weighted by Crippen LogP contribution is -2.14. The van der Waals surface area contributed by atoms with Gasteiger partial charge in [0.15, 0.2) is 5.13 Å². The number of rotatable bonds is 4. The SMILES string of the molecule is O=C(O)c1ccc2nc(NC(=O)c3cc([N+](=O)[O-])cc(C(F)(F)F)c3)sc2c1. The van der Waals surface area contributed by atoms with E-state index < -0.39 is 39.8 Å². The van der Waals surface area contributed by atoms with Crippen molar-refractivity contribution in [2.75, 3.05) is 5.32 Å². The molecule has 1 aromatic heterocycles. The minimum atomic E-state index is -4.87. The Morgan fingerprint density at radius 1 is 1.14 bits per heavy atom. The molecule has 1 heterocycles. The molecule has 0 saturated heterocycles. The molecule has 0 saturated carbocycles. The number of anilines is 1. The zero-order valence-corrected chi connectivity index (χ0v) is 14.3. The van der Waals surface area contributed by atoms with Gasteiger partial charge in [0.05, 0.1) is 26.3 Å². The summed E-state index contributed by atoms with van der Waals surface area (Å²) < 4.78 is 39.2. The van der Waals surface area contributed by atoms with Crippen molar-refractivity contribution in [2.24, 2.45) is 0 Å². The fourth-order valence-corrected chi connectivity index (χ4v) is 3.19. The molecule has 0 bridgehead atoms. The standard InChI is InChI=1S/C16H8F3N3O5S/c17-16(18,19)9-3-8(4-10(6-9)22(26)27)13(23)21-15-20-11-2-1-7(14(24)25)5-12(11)28-15/h1-6H,(H,24,25)(H,20,21,23). The predicted octanol–water partition coefficient (Wildman–Crippen LogP) is 4.17. The zero-order valence-electron chi connectivity index (χ0n) is 13.5. The van der Waals surface area contributed by atoms with Crippen LogP contribution in [0.4, 0.5) is 24.0 Å². The highest BCUT2D eigenvalue weighted by atomic mass is 32.1. The second kappa shape index (κ2) is 6.88. The number of nitrogens with zero attached hydrogens (tertiary/aromatic N) is 2. The first-order chi connectivity index (χ1) is 13.0. The molecule has 0 atom stereocenters. The van der Waals surface area contributed by atoms with E-state index in [0.29, 0.717) is 22.3 Å². The van der Waals surface area contributed by atoms with Crippen LogP contribution in [0.3, 0.4) is 0 Å². The van der Waals surface area contributed by atoms with Gasteiger partial charge in [0.1, 0.15) is 0 Å². The van der Waals surface area contributed by atoms with Crippen molar-refractivity contribution in [3.05, 3.63) is 63.2 Å². The van der Waals surface area contributed by atoms with Crippen molar-refractivity contribution in [2.45, 2.75) is 6.18 Å². The van der Waals surface area contributed by atoms with Crippen molar-refractivity contribution in [3.8, 4) is 0 Å². The summed E-state index contributed by atoms with van der Waals surface area (Å²) in [6.07, 6.45) is -4.87. The molecule has 144 valence electrons. The van der Waals surface area contributed by atoms with E-state index in [-0.39, 0.29) is 10.7 Å². The number of thiazole rings is 1. The monoisotopic (exact) mass is 411 g/mol. The maximum atomic E-state index is 12.9. The summed E-state index contributed by atoms with van der Waals surface area (Å²) in [7, 11) is 0. The van der Waals surface area contributed by atoms with E-state index >= 15 is 0 Å². The van der Waals surface area contributed by atoms with Gasteiger partial charge < -0.3 is 5.11 Å². The molecule has 0 aliphatic carbocycles. The van der Waals surface area contributed by atoms with Gasteiger partial charge in [-0.15, -0.1) is 0 Å². The zero-order chi connectivity index (χ0) is 20.6. The van der Waals surface area contributed by atoms with Gasteiger partial charge >= 0.3 is 12.1 Å². The van der Waals surface area contributed by atoms with Crippen molar-refractivity contribution < 1.29 is 32.8 Å². The van der Waals surface area contributed by atoms with Crippen LogP contribution >= 0.6 is 11.3 Å². The van der Waals surface area contributed by atoms with Gasteiger partial charge in [0, 0.05) is 17.7 Å². The van der Waals surface area contributed by atoms with Crippen LogP contribution in [0.1, 0.15) is 26.3 Å². The maximum absolute atomic E-state index is 12.9. The molecule has 0 unspecified atom stereocenters. The molecule has 28 heavy (non-hydrogen) atoms. The van der Waals surface area contributed by atoms with Gasteiger partial charge in [-0.3, -0.25) is 20.2 Å². The van der Waals surface area contributed by atoms with E-state index in [2.05, 4.69) is 10.3 Å². The minimum absolute atomic E-state index is 0.00234. The number of aromatic nitrogens is 1. The Labute approximate surface area is 157 Å². The Morgan fingerprint density at radius 2 is 1.86 bits per heavy atom. The number of fused-ring (bicyclic) bond motifs is 1. The summed E-state index contributed by atoms with van der Waals surface area (Å²) in [6.45, 7) is 0. The van der Waals surface area contributed by atoms with E-state index in [1.54, 1.807) is 0 Å². The van der Waals surface area contributed by atoms with Crippen molar-refractivity contribution >= 4 is 44.2 Å². The summed E-state index contributed by atoms with van der Waals surface area (Å²) >= 11 is 0.910. The largest absolute Gasteiger partial charge is 0.478 e. The number of aromatic carboxylic acids is 1. The molecule has 2 N–H and O–H groups in total. The number of amides is 1. The highest BCUT2D eigenvalue weighted by Crippen LogP contribution is 2.33. The van der Waals surface area contributed by atoms with Crippen LogP contribution in [-0.4, -0.2) is 26.9 Å². The lowest BCUT2D eigenvalue weighted by Gasteiger charge is -2.08. The normalized spacial score (nSPS) is 11.4. The number of carboxylic acid groups (broad SMARTS) is 1. The van der Waals surface area contributed by atoms with E-state index in [1.807, 2.05) is 0 Å². The predicted molar refractivity (Wildman–Crippen MR) is 92.6 cm³/mol. The summed E-state index contributed by atoms with van der Waals surface area (Å²) in [6, 6.07) is 5.62. The van der Waals surface area contributed by atoms with Crippen molar-refractivity contribution in [1.29, 1.82) is 0 Å². The third-order valence-electron chi connectivity index (χ3n) is 3.57. The van der Waals surface area contributed by atoms with E-state index in [1.165, 1.54) is 18.2 Å². The molecule has 3 rings (SSSR count). The number of nitro groups is 1. The number of carbonyl (C=O) groups is 2. The fraction of sp³-hybridized carbons (Fsp3) is 0.0625. The maximum Gasteiger partial charge on any atom is 0.416 e. The lowest BCUT2D eigenvalue weighted by molar-refractivity contribution is -0.385. The van der Waals surface area contributed by atoms with Gasteiger partial charge in [-0.1, -0.05) is 11.3 Å². The highest BCUT2D eigenvalue weighted by Gasteiger charge is 2.33. The van der Waals surface area contributed by atoms with Crippen LogP contribution in [0, 0.1) is 10.1 Å². The summed E-state index contributed by atoms with van der Waals surface area (Å²) in [5, 5.41) is 22.1. The molecule has 2 aromatic carbocycles. The average molecular weight is 411 g/mol. The Balaban J connectivity index is 1.94. The molecule has 0 spiro atoms. The van der Waals surface area contributed by atoms with Crippen molar-refractivity contribution in [1.82, 2.24) is 4.98 Å². The number of carbonyl (C=O) groups excluding carboxylic acids is 1. The van der Waals surface area contributed by atoms with Crippen LogP contribution < -0.4 is 5.32 Å².